The molecule has 0 atom stereocenters. The van der Waals surface area contributed by atoms with Crippen LogP contribution in [-0.4, -0.2) is 14.3 Å². The first-order chi connectivity index (χ1) is 8.20. The average Bonchev–Trinajstić information content (AvgIpc) is 2.84. The predicted octanol–water partition coefficient (Wildman–Crippen LogP) is 3.19. The van der Waals surface area contributed by atoms with Crippen LogP contribution in [0.4, 0.5) is 5.69 Å². The van der Waals surface area contributed by atoms with E-state index in [1.807, 2.05) is 25.1 Å². The van der Waals surface area contributed by atoms with E-state index in [2.05, 4.69) is 14.3 Å². The van der Waals surface area contributed by atoms with Crippen molar-refractivity contribution in [2.45, 2.75) is 15.6 Å². The molecule has 2 aromatic heterocycles. The maximum atomic E-state index is 5.74. The minimum absolute atomic E-state index is 0.768. The molecule has 0 unspecified atom stereocenters. The molecule has 0 spiro atoms. The monoisotopic (exact) mass is 280 g/mol. The molecule has 0 fully saturated rings. The molecular weight excluding hydrogens is 272 g/mol. The van der Waals surface area contributed by atoms with Gasteiger partial charge in [-0.05, 0) is 48.4 Å². The van der Waals surface area contributed by atoms with E-state index in [1.165, 1.54) is 11.5 Å². The van der Waals surface area contributed by atoms with Crippen LogP contribution in [-0.2, 0) is 0 Å². The predicted molar refractivity (Wildman–Crippen MR) is 72.8 cm³/mol. The first-order valence-corrected chi connectivity index (χ1v) is 7.25. The second-order valence-electron chi connectivity index (χ2n) is 3.42. The van der Waals surface area contributed by atoms with E-state index < -0.39 is 0 Å². The molecule has 3 rings (SSSR count). The number of fused-ring (bicyclic) bond motifs is 1. The van der Waals surface area contributed by atoms with Crippen molar-refractivity contribution in [3.05, 3.63) is 24.0 Å². The summed E-state index contributed by atoms with van der Waals surface area (Å²) in [5, 5.41) is 0. The lowest BCUT2D eigenvalue weighted by atomic mass is 10.3. The van der Waals surface area contributed by atoms with Crippen LogP contribution in [0, 0.1) is 6.92 Å². The molecule has 0 amide bonds. The van der Waals surface area contributed by atoms with Crippen LogP contribution in [0.5, 0.6) is 0 Å². The van der Waals surface area contributed by atoms with Gasteiger partial charge in [-0.2, -0.15) is 4.37 Å². The Kier molecular flexibility index (Phi) is 2.73. The molecule has 0 aliphatic carbocycles. The van der Waals surface area contributed by atoms with Crippen LogP contribution in [0.15, 0.2) is 26.9 Å². The average molecular weight is 280 g/mol. The highest BCUT2D eigenvalue weighted by Crippen LogP contribution is 2.35. The van der Waals surface area contributed by atoms with Gasteiger partial charge in [-0.25, -0.2) is 9.97 Å². The highest BCUT2D eigenvalue weighted by molar-refractivity contribution is 8.02. The number of nitrogens with zero attached hydrogens (tertiary/aromatic N) is 3. The summed E-state index contributed by atoms with van der Waals surface area (Å²) < 4.78 is 7.15. The Morgan fingerprint density at radius 3 is 2.88 bits per heavy atom. The third-order valence-corrected chi connectivity index (χ3v) is 5.00. The van der Waals surface area contributed by atoms with Gasteiger partial charge >= 0.3 is 0 Å². The molecule has 2 N–H and O–H groups in total. The highest BCUT2D eigenvalue weighted by atomic mass is 32.2. The molecule has 0 saturated heterocycles. The minimum atomic E-state index is 0.768. The number of hydrogen-bond donors (Lipinski definition) is 1. The lowest BCUT2D eigenvalue weighted by Gasteiger charge is -1.88. The first-order valence-electron chi connectivity index (χ1n) is 4.85. The van der Waals surface area contributed by atoms with Gasteiger partial charge in [-0.1, -0.05) is 0 Å². The number of anilines is 1. The lowest BCUT2D eigenvalue weighted by molar-refractivity contribution is 1.10. The van der Waals surface area contributed by atoms with Crippen molar-refractivity contribution in [3.8, 4) is 0 Å². The van der Waals surface area contributed by atoms with Gasteiger partial charge in [0.25, 0.3) is 0 Å². The third-order valence-electron chi connectivity index (χ3n) is 2.08. The van der Waals surface area contributed by atoms with Gasteiger partial charge in [0.05, 0.1) is 10.2 Å². The number of hydrogen-bond acceptors (Lipinski definition) is 7. The van der Waals surface area contributed by atoms with Crippen LogP contribution in [0.25, 0.3) is 10.2 Å². The van der Waals surface area contributed by atoms with E-state index in [-0.39, 0.29) is 0 Å². The van der Waals surface area contributed by atoms with Crippen molar-refractivity contribution in [1.82, 2.24) is 14.3 Å². The molecule has 86 valence electrons. The zero-order valence-corrected chi connectivity index (χ0v) is 11.3. The van der Waals surface area contributed by atoms with Crippen molar-refractivity contribution in [1.29, 1.82) is 0 Å². The summed E-state index contributed by atoms with van der Waals surface area (Å²) in [4.78, 5) is 8.83. The second kappa shape index (κ2) is 4.25. The van der Waals surface area contributed by atoms with Gasteiger partial charge in [0.15, 0.2) is 8.68 Å². The maximum absolute atomic E-state index is 5.74. The summed E-state index contributed by atoms with van der Waals surface area (Å²) in [5.41, 5.74) is 7.49. The molecule has 0 aliphatic rings. The fraction of sp³-hybridized carbons (Fsp3) is 0.100. The molecular formula is C10H8N4S3. The van der Waals surface area contributed by atoms with E-state index in [4.69, 9.17) is 5.73 Å². The fourth-order valence-electron chi connectivity index (χ4n) is 1.36. The van der Waals surface area contributed by atoms with Gasteiger partial charge in [-0.3, -0.25) is 0 Å². The molecule has 0 radical (unpaired) electrons. The Morgan fingerprint density at radius 2 is 2.12 bits per heavy atom. The molecule has 0 aliphatic heterocycles. The number of aromatic nitrogens is 3. The Morgan fingerprint density at radius 1 is 1.24 bits per heavy atom. The fourth-order valence-corrected chi connectivity index (χ4v) is 4.33. The highest BCUT2D eigenvalue weighted by Gasteiger charge is 2.08. The Hall–Kier alpha value is -1.18. The van der Waals surface area contributed by atoms with Gasteiger partial charge in [0, 0.05) is 5.69 Å². The SMILES string of the molecule is Cc1nsc(Sc2nc3ccc(N)cc3s2)n1. The number of benzene rings is 1. The summed E-state index contributed by atoms with van der Waals surface area (Å²) in [5.74, 6) is 0.808. The summed E-state index contributed by atoms with van der Waals surface area (Å²) in [6.07, 6.45) is 0. The summed E-state index contributed by atoms with van der Waals surface area (Å²) in [6.45, 7) is 1.89. The van der Waals surface area contributed by atoms with Crippen molar-refractivity contribution in [2.75, 3.05) is 5.73 Å². The Bertz CT molecular complexity index is 673. The van der Waals surface area contributed by atoms with E-state index in [0.717, 1.165) is 30.4 Å². The summed E-state index contributed by atoms with van der Waals surface area (Å²) >= 11 is 4.58. The minimum Gasteiger partial charge on any atom is -0.399 e. The standard InChI is InChI=1S/C10H8N4S3/c1-5-12-10(17-14-5)16-9-13-7-3-2-6(11)4-8(7)15-9/h2-4H,11H2,1H3. The topological polar surface area (TPSA) is 64.7 Å². The normalized spacial score (nSPS) is 11.1. The van der Waals surface area contributed by atoms with Crippen molar-refractivity contribution >= 4 is 50.5 Å². The Labute approximate surface area is 110 Å². The van der Waals surface area contributed by atoms with Crippen molar-refractivity contribution < 1.29 is 0 Å². The van der Waals surface area contributed by atoms with Crippen molar-refractivity contribution in [3.63, 3.8) is 0 Å². The van der Waals surface area contributed by atoms with E-state index in [9.17, 15) is 0 Å². The lowest BCUT2D eigenvalue weighted by Crippen LogP contribution is -1.81. The Balaban J connectivity index is 1.95. The summed E-state index contributed by atoms with van der Waals surface area (Å²) in [6, 6.07) is 5.75. The van der Waals surface area contributed by atoms with E-state index in [0.29, 0.717) is 0 Å². The largest absolute Gasteiger partial charge is 0.399 e. The molecule has 1 aromatic carbocycles. The van der Waals surface area contributed by atoms with Crippen molar-refractivity contribution in [2.24, 2.45) is 0 Å². The van der Waals surface area contributed by atoms with Crippen LogP contribution in [0.2, 0.25) is 0 Å². The molecule has 7 heteroatoms. The molecule has 4 nitrogen and oxygen atoms in total. The van der Waals surface area contributed by atoms with E-state index >= 15 is 0 Å². The number of thiazole rings is 1. The zero-order chi connectivity index (χ0) is 11.8. The molecule has 3 aromatic rings. The summed E-state index contributed by atoms with van der Waals surface area (Å²) in [7, 11) is 0. The zero-order valence-electron chi connectivity index (χ0n) is 8.88. The smallest absolute Gasteiger partial charge is 0.177 e. The van der Waals surface area contributed by atoms with E-state index in [1.54, 1.807) is 23.1 Å². The number of rotatable bonds is 2. The van der Waals surface area contributed by atoms with Gasteiger partial charge < -0.3 is 5.73 Å². The molecule has 0 saturated carbocycles. The number of nitrogen functional groups attached to an aromatic ring is 1. The number of nitrogens with two attached hydrogens (primary N) is 1. The van der Waals surface area contributed by atoms with Gasteiger partial charge in [0.1, 0.15) is 5.82 Å². The molecule has 17 heavy (non-hydrogen) atoms. The van der Waals surface area contributed by atoms with Gasteiger partial charge in [-0.15, -0.1) is 11.3 Å². The number of aryl methyl sites for hydroxylation is 1. The maximum Gasteiger partial charge on any atom is 0.177 e. The van der Waals surface area contributed by atoms with Crippen LogP contribution < -0.4 is 5.73 Å². The van der Waals surface area contributed by atoms with Crippen LogP contribution >= 0.6 is 34.6 Å². The van der Waals surface area contributed by atoms with Crippen LogP contribution in [0.3, 0.4) is 0 Å². The second-order valence-corrected chi connectivity index (χ2v) is 6.69. The quantitative estimate of drug-likeness (QED) is 0.730. The first kappa shape index (κ1) is 10.9. The molecule has 2 heterocycles. The van der Waals surface area contributed by atoms with Crippen LogP contribution in [0.1, 0.15) is 5.82 Å². The molecule has 0 bridgehead atoms. The third kappa shape index (κ3) is 2.26. The van der Waals surface area contributed by atoms with Gasteiger partial charge in [0.2, 0.25) is 0 Å².